The van der Waals surface area contributed by atoms with Gasteiger partial charge >= 0.3 is 0 Å². The zero-order valence-electron chi connectivity index (χ0n) is 18.6. The second-order valence-corrected chi connectivity index (χ2v) is 9.46. The molecule has 0 spiro atoms. The van der Waals surface area contributed by atoms with Crippen LogP contribution in [0.2, 0.25) is 0 Å². The lowest BCUT2D eigenvalue weighted by Crippen LogP contribution is -2.40. The molecule has 2 aromatic carbocycles. The normalized spacial score (nSPS) is 14.7. The average molecular weight is 460 g/mol. The van der Waals surface area contributed by atoms with Gasteiger partial charge in [0.15, 0.2) is 0 Å². The van der Waals surface area contributed by atoms with E-state index >= 15 is 0 Å². The molecule has 172 valence electrons. The third-order valence-electron chi connectivity index (χ3n) is 5.47. The van der Waals surface area contributed by atoms with Crippen molar-refractivity contribution in [3.05, 3.63) is 48.0 Å². The maximum absolute atomic E-state index is 13.0. The Bertz CT molecular complexity index is 1080. The van der Waals surface area contributed by atoms with Gasteiger partial charge in [0, 0.05) is 37.3 Å². The molecule has 1 heterocycles. The number of hydrogen-bond acceptors (Lipinski definition) is 5. The lowest BCUT2D eigenvalue weighted by molar-refractivity contribution is -0.132. The number of hydrogen-bond donors (Lipinski definition) is 2. The van der Waals surface area contributed by atoms with Crippen LogP contribution in [-0.2, 0) is 19.6 Å². The molecule has 0 bridgehead atoms. The van der Waals surface area contributed by atoms with Crippen LogP contribution in [0.3, 0.4) is 0 Å². The molecule has 1 saturated heterocycles. The van der Waals surface area contributed by atoms with Crippen molar-refractivity contribution >= 4 is 33.2 Å². The monoisotopic (exact) mass is 459 g/mol. The van der Waals surface area contributed by atoms with Crippen molar-refractivity contribution in [1.29, 1.82) is 0 Å². The van der Waals surface area contributed by atoms with Crippen LogP contribution in [0.15, 0.2) is 47.4 Å². The molecule has 0 saturated carbocycles. The zero-order valence-corrected chi connectivity index (χ0v) is 19.4. The minimum absolute atomic E-state index is 0.0114. The topological polar surface area (TPSA) is 105 Å². The lowest BCUT2D eigenvalue weighted by atomic mass is 9.96. The molecule has 0 atom stereocenters. The van der Waals surface area contributed by atoms with Gasteiger partial charge in [0.05, 0.1) is 11.5 Å². The minimum atomic E-state index is -3.86. The second-order valence-electron chi connectivity index (χ2n) is 7.81. The second kappa shape index (κ2) is 10.0. The molecule has 0 aliphatic carbocycles. The summed E-state index contributed by atoms with van der Waals surface area (Å²) in [4.78, 5) is 26.0. The Labute approximate surface area is 189 Å². The summed E-state index contributed by atoms with van der Waals surface area (Å²) in [5, 5.41) is 2.83. The highest BCUT2D eigenvalue weighted by molar-refractivity contribution is 7.92. The van der Waals surface area contributed by atoms with Crippen molar-refractivity contribution in [2.45, 2.75) is 38.5 Å². The summed E-state index contributed by atoms with van der Waals surface area (Å²) < 4.78 is 33.9. The number of piperidine rings is 1. The Morgan fingerprint density at radius 3 is 2.28 bits per heavy atom. The largest absolute Gasteiger partial charge is 0.494 e. The molecule has 0 radical (unpaired) electrons. The van der Waals surface area contributed by atoms with Crippen LogP contribution >= 0.6 is 0 Å². The van der Waals surface area contributed by atoms with Crippen molar-refractivity contribution in [3.8, 4) is 5.75 Å². The molecule has 8 nitrogen and oxygen atoms in total. The van der Waals surface area contributed by atoms with E-state index in [4.69, 9.17) is 4.74 Å². The van der Waals surface area contributed by atoms with Gasteiger partial charge in [0.25, 0.3) is 10.0 Å². The van der Waals surface area contributed by atoms with Crippen LogP contribution in [0.25, 0.3) is 0 Å². The SMILES string of the molecule is CCOc1ccc(NS(=O)(=O)c2cc(NC(=O)C3CCN(C(C)=O)CC3)ccc2C)cc1. The first-order valence-corrected chi connectivity index (χ1v) is 12.1. The van der Waals surface area contributed by atoms with Gasteiger partial charge in [0.1, 0.15) is 5.75 Å². The first kappa shape index (κ1) is 23.6. The van der Waals surface area contributed by atoms with Crippen molar-refractivity contribution in [2.75, 3.05) is 29.7 Å². The number of amides is 2. The van der Waals surface area contributed by atoms with Gasteiger partial charge in [-0.1, -0.05) is 6.07 Å². The molecule has 0 unspecified atom stereocenters. The first-order valence-electron chi connectivity index (χ1n) is 10.6. The fourth-order valence-corrected chi connectivity index (χ4v) is 4.99. The Kier molecular flexibility index (Phi) is 7.40. The van der Waals surface area contributed by atoms with Crippen molar-refractivity contribution < 1.29 is 22.7 Å². The molecule has 32 heavy (non-hydrogen) atoms. The number of sulfonamides is 1. The Hall–Kier alpha value is -3.07. The maximum atomic E-state index is 13.0. The van der Waals surface area contributed by atoms with Gasteiger partial charge in [-0.05, 0) is 68.7 Å². The zero-order chi connectivity index (χ0) is 23.3. The fraction of sp³-hybridized carbons (Fsp3) is 0.391. The maximum Gasteiger partial charge on any atom is 0.262 e. The van der Waals surface area contributed by atoms with Crippen LogP contribution in [0.4, 0.5) is 11.4 Å². The summed E-state index contributed by atoms with van der Waals surface area (Å²) in [5.74, 6) is 0.288. The third kappa shape index (κ3) is 5.79. The van der Waals surface area contributed by atoms with Gasteiger partial charge in [0.2, 0.25) is 11.8 Å². The number of aryl methyl sites for hydroxylation is 1. The molecular formula is C23H29N3O5S. The van der Waals surface area contributed by atoms with E-state index in [2.05, 4.69) is 10.0 Å². The summed E-state index contributed by atoms with van der Waals surface area (Å²) >= 11 is 0. The summed E-state index contributed by atoms with van der Waals surface area (Å²) in [6, 6.07) is 11.5. The first-order chi connectivity index (χ1) is 15.2. The van der Waals surface area contributed by atoms with E-state index in [1.54, 1.807) is 48.2 Å². The predicted molar refractivity (Wildman–Crippen MR) is 123 cm³/mol. The fourth-order valence-electron chi connectivity index (χ4n) is 3.66. The van der Waals surface area contributed by atoms with E-state index in [9.17, 15) is 18.0 Å². The Morgan fingerprint density at radius 2 is 1.69 bits per heavy atom. The van der Waals surface area contributed by atoms with Gasteiger partial charge in [-0.15, -0.1) is 0 Å². The number of rotatable bonds is 7. The van der Waals surface area contributed by atoms with Crippen LogP contribution in [0.5, 0.6) is 5.75 Å². The van der Waals surface area contributed by atoms with Crippen molar-refractivity contribution in [2.24, 2.45) is 5.92 Å². The van der Waals surface area contributed by atoms with Gasteiger partial charge < -0.3 is 15.0 Å². The summed E-state index contributed by atoms with van der Waals surface area (Å²) in [7, 11) is -3.86. The number of anilines is 2. The Morgan fingerprint density at radius 1 is 1.06 bits per heavy atom. The van der Waals surface area contributed by atoms with Gasteiger partial charge in [-0.3, -0.25) is 14.3 Å². The number of carbonyl (C=O) groups excluding carboxylic acids is 2. The smallest absolute Gasteiger partial charge is 0.262 e. The van der Waals surface area contributed by atoms with Crippen LogP contribution in [0.1, 0.15) is 32.3 Å². The predicted octanol–water partition coefficient (Wildman–Crippen LogP) is 3.39. The molecular weight excluding hydrogens is 430 g/mol. The van der Waals surface area contributed by atoms with E-state index in [1.165, 1.54) is 13.0 Å². The van der Waals surface area contributed by atoms with Crippen LogP contribution < -0.4 is 14.8 Å². The minimum Gasteiger partial charge on any atom is -0.494 e. The molecule has 2 aromatic rings. The quantitative estimate of drug-likeness (QED) is 0.660. The number of carbonyl (C=O) groups is 2. The highest BCUT2D eigenvalue weighted by Gasteiger charge is 2.26. The molecule has 9 heteroatoms. The summed E-state index contributed by atoms with van der Waals surface area (Å²) in [5.41, 5.74) is 1.40. The molecule has 2 N–H and O–H groups in total. The highest BCUT2D eigenvalue weighted by Crippen LogP contribution is 2.25. The van der Waals surface area contributed by atoms with E-state index in [1.807, 2.05) is 6.92 Å². The van der Waals surface area contributed by atoms with Gasteiger partial charge in [-0.25, -0.2) is 8.42 Å². The number of nitrogens with zero attached hydrogens (tertiary/aromatic N) is 1. The number of nitrogens with one attached hydrogen (secondary N) is 2. The number of benzene rings is 2. The molecule has 1 fully saturated rings. The van der Waals surface area contributed by atoms with E-state index in [0.717, 1.165) is 0 Å². The van der Waals surface area contributed by atoms with Crippen LogP contribution in [-0.4, -0.2) is 44.8 Å². The third-order valence-corrected chi connectivity index (χ3v) is 7.00. The molecule has 1 aliphatic rings. The van der Waals surface area contributed by atoms with E-state index < -0.39 is 10.0 Å². The van der Waals surface area contributed by atoms with Crippen LogP contribution in [0, 0.1) is 12.8 Å². The molecule has 0 aromatic heterocycles. The molecule has 2 amide bonds. The standard InChI is InChI=1S/C23H29N3O5S/c1-4-31-21-9-7-19(8-10-21)25-32(29,30)22-15-20(6-5-16(22)2)24-23(28)18-11-13-26(14-12-18)17(3)27/h5-10,15,18,25H,4,11-14H2,1-3H3,(H,24,28). The van der Waals surface area contributed by atoms with Gasteiger partial charge in [-0.2, -0.15) is 0 Å². The number of ether oxygens (including phenoxy) is 1. The summed E-state index contributed by atoms with van der Waals surface area (Å²) in [6.07, 6.45) is 1.17. The van der Waals surface area contributed by atoms with E-state index in [0.29, 0.717) is 55.2 Å². The summed E-state index contributed by atoms with van der Waals surface area (Å²) in [6.45, 7) is 6.73. The van der Waals surface area contributed by atoms with Crippen molar-refractivity contribution in [3.63, 3.8) is 0 Å². The molecule has 1 aliphatic heterocycles. The highest BCUT2D eigenvalue weighted by atomic mass is 32.2. The van der Waals surface area contributed by atoms with Crippen molar-refractivity contribution in [1.82, 2.24) is 4.90 Å². The average Bonchev–Trinajstić information content (AvgIpc) is 2.76. The Balaban J connectivity index is 1.70. The van der Waals surface area contributed by atoms with E-state index in [-0.39, 0.29) is 22.6 Å². The lowest BCUT2D eigenvalue weighted by Gasteiger charge is -2.30. The number of likely N-dealkylation sites (tertiary alicyclic amines) is 1. The molecule has 3 rings (SSSR count).